The first-order valence-electron chi connectivity index (χ1n) is 9.37. The van der Waals surface area contributed by atoms with E-state index >= 15 is 0 Å². The van der Waals surface area contributed by atoms with Crippen molar-refractivity contribution in [3.63, 3.8) is 0 Å². The Morgan fingerprint density at radius 3 is 2.36 bits per heavy atom. The van der Waals surface area contributed by atoms with E-state index in [0.717, 1.165) is 19.3 Å². The molecule has 2 nitrogen and oxygen atoms in total. The summed E-state index contributed by atoms with van der Waals surface area (Å²) in [4.78, 5) is 0. The van der Waals surface area contributed by atoms with Crippen LogP contribution in [0.5, 0.6) is 0 Å². The molecule has 0 saturated carbocycles. The van der Waals surface area contributed by atoms with E-state index in [9.17, 15) is 10.2 Å². The lowest BCUT2D eigenvalue weighted by Crippen LogP contribution is -2.32. The highest BCUT2D eigenvalue weighted by atomic mass is 31.1. The second-order valence-corrected chi connectivity index (χ2v) is 10.1. The normalized spacial score (nSPS) is 33.0. The molecule has 0 heterocycles. The highest BCUT2D eigenvalue weighted by Crippen LogP contribution is 2.43. The highest BCUT2D eigenvalue weighted by molar-refractivity contribution is 7.45. The molecule has 4 atom stereocenters. The Morgan fingerprint density at radius 1 is 1.08 bits per heavy atom. The van der Waals surface area contributed by atoms with Crippen LogP contribution < -0.4 is 0 Å². The average Bonchev–Trinajstić information content (AvgIpc) is 2.41. The first-order chi connectivity index (χ1) is 11.5. The van der Waals surface area contributed by atoms with Crippen molar-refractivity contribution in [2.24, 2.45) is 16.7 Å². The number of rotatable bonds is 4. The molecule has 2 rings (SSSR count). The molecule has 0 aromatic carbocycles. The Labute approximate surface area is 155 Å². The zero-order valence-corrected chi connectivity index (χ0v) is 17.6. The minimum atomic E-state index is -0.305. The number of hydrogen-bond donors (Lipinski definition) is 2. The van der Waals surface area contributed by atoms with Crippen LogP contribution in [0, 0.1) is 16.7 Å². The molecule has 0 bridgehead atoms. The van der Waals surface area contributed by atoms with Crippen molar-refractivity contribution in [3.8, 4) is 0 Å². The lowest BCUT2D eigenvalue weighted by atomic mass is 9.68. The van der Waals surface area contributed by atoms with E-state index in [0.29, 0.717) is 14.5 Å². The molecular weight excluding hydrogens is 327 g/mol. The van der Waals surface area contributed by atoms with Gasteiger partial charge in [-0.15, -0.1) is 0 Å². The third kappa shape index (κ3) is 5.16. The maximum absolute atomic E-state index is 9.99. The van der Waals surface area contributed by atoms with Gasteiger partial charge in [-0.25, -0.2) is 0 Å². The molecule has 0 fully saturated rings. The monoisotopic (exact) mass is 362 g/mol. The van der Waals surface area contributed by atoms with Gasteiger partial charge in [0.1, 0.15) is 0 Å². The van der Waals surface area contributed by atoms with Crippen LogP contribution in [0.2, 0.25) is 0 Å². The third-order valence-electron chi connectivity index (χ3n) is 5.73. The second kappa shape index (κ2) is 7.91. The van der Waals surface area contributed by atoms with Crippen molar-refractivity contribution in [2.45, 2.75) is 73.0 Å². The van der Waals surface area contributed by atoms with Crippen molar-refractivity contribution in [1.29, 1.82) is 0 Å². The SMILES string of the molecule is CC1=CC(O)CC(C)(C)C1/C=C/P/C=C/C1=C(C)CC(O)CC1(C)C. The molecule has 3 heteroatoms. The fraction of sp³-hybridized carbons (Fsp3) is 0.636. The Balaban J connectivity index is 2.02. The Kier molecular flexibility index (Phi) is 6.52. The summed E-state index contributed by atoms with van der Waals surface area (Å²) in [5.74, 6) is 4.94. The van der Waals surface area contributed by atoms with Crippen molar-refractivity contribution < 1.29 is 10.2 Å². The van der Waals surface area contributed by atoms with Crippen LogP contribution in [-0.4, -0.2) is 22.4 Å². The van der Waals surface area contributed by atoms with Crippen LogP contribution in [0.4, 0.5) is 0 Å². The predicted molar refractivity (Wildman–Crippen MR) is 110 cm³/mol. The van der Waals surface area contributed by atoms with Gasteiger partial charge in [-0.3, -0.25) is 0 Å². The van der Waals surface area contributed by atoms with Gasteiger partial charge < -0.3 is 10.2 Å². The summed E-state index contributed by atoms with van der Waals surface area (Å²) in [6.07, 6.45) is 8.54. The van der Waals surface area contributed by atoms with Gasteiger partial charge in [-0.1, -0.05) is 77.3 Å². The van der Waals surface area contributed by atoms with Gasteiger partial charge in [-0.05, 0) is 49.5 Å². The second-order valence-electron chi connectivity index (χ2n) is 9.15. The van der Waals surface area contributed by atoms with Crippen LogP contribution in [0.25, 0.3) is 0 Å². The summed E-state index contributed by atoms with van der Waals surface area (Å²) in [5.41, 5.74) is 4.12. The van der Waals surface area contributed by atoms with Crippen molar-refractivity contribution >= 4 is 8.58 Å². The molecule has 0 aliphatic heterocycles. The molecule has 0 aromatic heterocycles. The Bertz CT molecular complexity index is 608. The smallest absolute Gasteiger partial charge is 0.0729 e. The molecule has 0 aromatic rings. The fourth-order valence-electron chi connectivity index (χ4n) is 4.68. The van der Waals surface area contributed by atoms with E-state index in [1.54, 1.807) is 0 Å². The topological polar surface area (TPSA) is 40.5 Å². The molecular formula is C22H35O2P. The van der Waals surface area contributed by atoms with E-state index in [1.165, 1.54) is 16.7 Å². The molecule has 0 spiro atoms. The third-order valence-corrected chi connectivity index (χ3v) is 6.47. The van der Waals surface area contributed by atoms with Gasteiger partial charge >= 0.3 is 0 Å². The molecule has 0 radical (unpaired) electrons. The molecule has 0 amide bonds. The number of aliphatic hydroxyl groups excluding tert-OH is 2. The summed E-state index contributed by atoms with van der Waals surface area (Å²) in [6, 6.07) is 0. The maximum atomic E-state index is 9.99. The van der Waals surface area contributed by atoms with Gasteiger partial charge in [0.25, 0.3) is 0 Å². The zero-order valence-electron chi connectivity index (χ0n) is 16.6. The maximum Gasteiger partial charge on any atom is 0.0729 e. The number of aliphatic hydroxyl groups is 2. The van der Waals surface area contributed by atoms with Crippen molar-refractivity contribution in [2.75, 3.05) is 0 Å². The standard InChI is InChI=1S/C22H35O2P/c1-15-11-17(23)13-21(3,4)19(15)7-9-25-10-8-20-16(2)12-18(24)14-22(20,5)6/h7-11,17-19,23-25H,12-14H2,1-6H3/b9-7+,10-8+. The molecule has 25 heavy (non-hydrogen) atoms. The van der Waals surface area contributed by atoms with Crippen molar-refractivity contribution in [3.05, 3.63) is 46.6 Å². The molecule has 2 aliphatic rings. The van der Waals surface area contributed by atoms with Gasteiger partial charge in [0, 0.05) is 5.92 Å². The van der Waals surface area contributed by atoms with Crippen LogP contribution in [-0.2, 0) is 0 Å². The summed E-state index contributed by atoms with van der Waals surface area (Å²) < 4.78 is 0. The van der Waals surface area contributed by atoms with Crippen LogP contribution in [0.1, 0.15) is 60.8 Å². The van der Waals surface area contributed by atoms with Crippen LogP contribution in [0.15, 0.2) is 46.6 Å². The summed E-state index contributed by atoms with van der Waals surface area (Å²) in [7, 11) is 0.653. The fourth-order valence-corrected chi connectivity index (χ4v) is 5.36. The quantitative estimate of drug-likeness (QED) is 0.509. The van der Waals surface area contributed by atoms with E-state index in [1.807, 2.05) is 6.08 Å². The van der Waals surface area contributed by atoms with Gasteiger partial charge in [-0.2, -0.15) is 0 Å². The van der Waals surface area contributed by atoms with E-state index in [-0.39, 0.29) is 23.0 Å². The molecule has 140 valence electrons. The lowest BCUT2D eigenvalue weighted by Gasteiger charge is -2.38. The number of hydrogen-bond acceptors (Lipinski definition) is 2. The van der Waals surface area contributed by atoms with Crippen molar-refractivity contribution in [1.82, 2.24) is 0 Å². The highest BCUT2D eigenvalue weighted by Gasteiger charge is 2.34. The van der Waals surface area contributed by atoms with Gasteiger partial charge in [0.05, 0.1) is 12.2 Å². The first kappa shape index (κ1) is 20.6. The van der Waals surface area contributed by atoms with Crippen LogP contribution >= 0.6 is 8.58 Å². The minimum Gasteiger partial charge on any atom is -0.393 e. The van der Waals surface area contributed by atoms with E-state index in [2.05, 4.69) is 65.3 Å². The van der Waals surface area contributed by atoms with Crippen LogP contribution in [0.3, 0.4) is 0 Å². The average molecular weight is 362 g/mol. The summed E-state index contributed by atoms with van der Waals surface area (Å²) in [5, 5.41) is 19.9. The lowest BCUT2D eigenvalue weighted by molar-refractivity contribution is 0.116. The largest absolute Gasteiger partial charge is 0.393 e. The molecule has 2 aliphatic carbocycles. The zero-order chi connectivity index (χ0) is 18.8. The first-order valence-corrected chi connectivity index (χ1v) is 10.5. The van der Waals surface area contributed by atoms with Gasteiger partial charge in [0.15, 0.2) is 0 Å². The molecule has 2 N–H and O–H groups in total. The van der Waals surface area contributed by atoms with E-state index in [4.69, 9.17) is 0 Å². The predicted octanol–water partition coefficient (Wildman–Crippen LogP) is 5.54. The van der Waals surface area contributed by atoms with E-state index < -0.39 is 0 Å². The molecule has 0 saturated heterocycles. The molecule has 4 unspecified atom stereocenters. The number of allylic oxidation sites excluding steroid dienone is 4. The Hall–Kier alpha value is -0.690. The summed E-state index contributed by atoms with van der Waals surface area (Å²) in [6.45, 7) is 13.2. The van der Waals surface area contributed by atoms with Gasteiger partial charge in [0.2, 0.25) is 0 Å². The summed E-state index contributed by atoms with van der Waals surface area (Å²) >= 11 is 0. The minimum absolute atomic E-state index is 0.0489. The Morgan fingerprint density at radius 2 is 1.76 bits per heavy atom.